The minimum absolute atomic E-state index is 0.401. The van der Waals surface area contributed by atoms with E-state index in [-0.39, 0.29) is 0 Å². The summed E-state index contributed by atoms with van der Waals surface area (Å²) < 4.78 is 1.12. The van der Waals surface area contributed by atoms with Gasteiger partial charge < -0.3 is 0 Å². The van der Waals surface area contributed by atoms with Gasteiger partial charge in [0.25, 0.3) is 11.7 Å². The normalized spacial score (nSPS) is 14.0. The lowest BCUT2D eigenvalue weighted by Crippen LogP contribution is -2.28. The number of fused-ring (bicyclic) bond motifs is 2. The Hall–Kier alpha value is -2.17. The van der Waals surface area contributed by atoms with Crippen LogP contribution in [0.3, 0.4) is 0 Å². The number of hydrogen-bond donors (Lipinski definition) is 0. The van der Waals surface area contributed by atoms with E-state index in [9.17, 15) is 9.59 Å². The van der Waals surface area contributed by atoms with Gasteiger partial charge in [0.05, 0.1) is 17.8 Å². The first-order chi connectivity index (χ1) is 10.6. The van der Waals surface area contributed by atoms with Crippen LogP contribution in [0, 0.1) is 0 Å². The molecule has 3 aromatic rings. The number of benzene rings is 2. The van der Waals surface area contributed by atoms with E-state index in [2.05, 4.69) is 0 Å². The van der Waals surface area contributed by atoms with Crippen LogP contribution in [0.5, 0.6) is 0 Å². The molecule has 1 aliphatic rings. The average molecular weight is 328 g/mol. The highest BCUT2D eigenvalue weighted by Crippen LogP contribution is 2.33. The van der Waals surface area contributed by atoms with Crippen molar-refractivity contribution >= 4 is 50.4 Å². The van der Waals surface area contributed by atoms with Crippen molar-refractivity contribution in [2.24, 2.45) is 0 Å². The summed E-state index contributed by atoms with van der Waals surface area (Å²) in [6.07, 6.45) is 0. The van der Waals surface area contributed by atoms with Crippen LogP contribution >= 0.6 is 22.9 Å². The van der Waals surface area contributed by atoms with Crippen molar-refractivity contribution in [2.45, 2.75) is 6.54 Å². The molecule has 0 bridgehead atoms. The zero-order valence-electron chi connectivity index (χ0n) is 11.4. The number of carbonyl (C=O) groups excluding carboxylic acids is 2. The molecular formula is C17H10ClNO2S. The molecule has 0 saturated carbocycles. The Balaban J connectivity index is 1.73. The van der Waals surface area contributed by atoms with Crippen LogP contribution in [-0.4, -0.2) is 11.7 Å². The maximum atomic E-state index is 12.2. The van der Waals surface area contributed by atoms with Crippen LogP contribution in [0.2, 0.25) is 5.02 Å². The standard InChI is InChI=1S/C17H10ClNO2S/c18-11-5-6-15-10(7-11)8-12(22-15)9-19-14-4-2-1-3-13(14)16(20)17(19)21/h1-8H,9H2. The molecule has 0 aliphatic carbocycles. The topological polar surface area (TPSA) is 37.4 Å². The van der Waals surface area contributed by atoms with Gasteiger partial charge >= 0.3 is 0 Å². The fraction of sp³-hybridized carbons (Fsp3) is 0.0588. The van der Waals surface area contributed by atoms with Crippen LogP contribution in [-0.2, 0) is 11.3 Å². The second kappa shape index (κ2) is 4.93. The minimum atomic E-state index is -0.461. The Morgan fingerprint density at radius 1 is 1.05 bits per heavy atom. The van der Waals surface area contributed by atoms with Gasteiger partial charge in [-0.1, -0.05) is 23.7 Å². The van der Waals surface area contributed by atoms with Gasteiger partial charge in [0.2, 0.25) is 0 Å². The quantitative estimate of drug-likeness (QED) is 0.659. The summed E-state index contributed by atoms with van der Waals surface area (Å²) in [6, 6.07) is 14.9. The predicted molar refractivity (Wildman–Crippen MR) is 88.8 cm³/mol. The minimum Gasteiger partial charge on any atom is -0.300 e. The number of amides is 1. The molecule has 1 aromatic heterocycles. The number of halogens is 1. The number of hydrogen-bond acceptors (Lipinski definition) is 3. The number of anilines is 1. The van der Waals surface area contributed by atoms with E-state index in [0.717, 1.165) is 15.0 Å². The zero-order chi connectivity index (χ0) is 15.3. The van der Waals surface area contributed by atoms with Crippen molar-refractivity contribution in [2.75, 3.05) is 4.90 Å². The summed E-state index contributed by atoms with van der Waals surface area (Å²) >= 11 is 7.61. The van der Waals surface area contributed by atoms with Crippen LogP contribution in [0.25, 0.3) is 10.1 Å². The van der Waals surface area contributed by atoms with Gasteiger partial charge in [-0.15, -0.1) is 11.3 Å². The first-order valence-electron chi connectivity index (χ1n) is 6.77. The number of carbonyl (C=O) groups is 2. The number of para-hydroxylation sites is 1. The van der Waals surface area contributed by atoms with Gasteiger partial charge in [-0.25, -0.2) is 0 Å². The molecule has 0 radical (unpaired) electrons. The molecule has 0 atom stereocenters. The first-order valence-corrected chi connectivity index (χ1v) is 7.96. The van der Waals surface area contributed by atoms with Crippen LogP contribution < -0.4 is 4.90 Å². The highest BCUT2D eigenvalue weighted by molar-refractivity contribution is 7.19. The fourth-order valence-electron chi connectivity index (χ4n) is 2.71. The summed E-state index contributed by atoms with van der Waals surface area (Å²) in [6.45, 7) is 0.401. The van der Waals surface area contributed by atoms with E-state index in [1.807, 2.05) is 36.4 Å². The number of thiophene rings is 1. The molecule has 1 amide bonds. The highest BCUT2D eigenvalue weighted by Gasteiger charge is 2.35. The smallest absolute Gasteiger partial charge is 0.299 e. The molecule has 0 unspecified atom stereocenters. The van der Waals surface area contributed by atoms with Gasteiger partial charge in [0.15, 0.2) is 0 Å². The van der Waals surface area contributed by atoms with Crippen molar-refractivity contribution in [3.05, 3.63) is 64.0 Å². The third-order valence-electron chi connectivity index (χ3n) is 3.72. The maximum absolute atomic E-state index is 12.2. The Morgan fingerprint density at radius 2 is 1.86 bits per heavy atom. The highest BCUT2D eigenvalue weighted by atomic mass is 35.5. The summed E-state index contributed by atoms with van der Waals surface area (Å²) in [5.74, 6) is -0.892. The van der Waals surface area contributed by atoms with E-state index in [1.54, 1.807) is 28.4 Å². The predicted octanol–water partition coefficient (Wildman–Crippen LogP) is 4.28. The molecule has 0 N–H and O–H groups in total. The Bertz CT molecular complexity index is 931. The van der Waals surface area contributed by atoms with Gasteiger partial charge in [0.1, 0.15) is 0 Å². The molecule has 4 rings (SSSR count). The molecule has 1 aliphatic heterocycles. The van der Waals surface area contributed by atoms with E-state index in [1.165, 1.54) is 0 Å². The largest absolute Gasteiger partial charge is 0.300 e. The Labute approximate surface area is 135 Å². The number of rotatable bonds is 2. The van der Waals surface area contributed by atoms with E-state index in [4.69, 9.17) is 11.6 Å². The summed E-state index contributed by atoms with van der Waals surface area (Å²) in [5, 5.41) is 1.74. The van der Waals surface area contributed by atoms with Crippen molar-refractivity contribution < 1.29 is 9.59 Å². The van der Waals surface area contributed by atoms with Crippen LogP contribution in [0.15, 0.2) is 48.5 Å². The third kappa shape index (κ3) is 2.03. The van der Waals surface area contributed by atoms with Gasteiger partial charge in [-0.3, -0.25) is 14.5 Å². The van der Waals surface area contributed by atoms with E-state index in [0.29, 0.717) is 22.8 Å². The van der Waals surface area contributed by atoms with Crippen molar-refractivity contribution in [3.63, 3.8) is 0 Å². The van der Waals surface area contributed by atoms with Gasteiger partial charge in [0, 0.05) is 14.6 Å². The molecule has 0 spiro atoms. The van der Waals surface area contributed by atoms with Crippen molar-refractivity contribution in [1.29, 1.82) is 0 Å². The van der Waals surface area contributed by atoms with Crippen molar-refractivity contribution in [1.82, 2.24) is 0 Å². The Kier molecular flexibility index (Phi) is 3.03. The van der Waals surface area contributed by atoms with Gasteiger partial charge in [-0.2, -0.15) is 0 Å². The average Bonchev–Trinajstić information content (AvgIpc) is 3.02. The molecule has 0 fully saturated rings. The van der Waals surface area contributed by atoms with E-state index >= 15 is 0 Å². The monoisotopic (exact) mass is 327 g/mol. The number of nitrogens with zero attached hydrogens (tertiary/aromatic N) is 1. The molecule has 22 heavy (non-hydrogen) atoms. The summed E-state index contributed by atoms with van der Waals surface area (Å²) in [7, 11) is 0. The van der Waals surface area contributed by atoms with Gasteiger partial charge in [-0.05, 0) is 41.8 Å². The number of Topliss-reactive ketones (excluding diaryl/α,β-unsaturated/α-hetero) is 1. The van der Waals surface area contributed by atoms with Crippen molar-refractivity contribution in [3.8, 4) is 0 Å². The SMILES string of the molecule is O=C1C(=O)N(Cc2cc3cc(Cl)ccc3s2)c2ccccc21. The third-order valence-corrected chi connectivity index (χ3v) is 5.06. The van der Waals surface area contributed by atoms with E-state index < -0.39 is 11.7 Å². The fourth-order valence-corrected chi connectivity index (χ4v) is 3.92. The first kappa shape index (κ1) is 13.5. The van der Waals surface area contributed by atoms with Crippen LogP contribution in [0.1, 0.15) is 15.2 Å². The molecule has 2 aromatic carbocycles. The second-order valence-electron chi connectivity index (χ2n) is 5.13. The molecule has 2 heterocycles. The summed E-state index contributed by atoms with van der Waals surface area (Å²) in [4.78, 5) is 26.8. The lowest BCUT2D eigenvalue weighted by atomic mass is 10.1. The molecule has 108 valence electrons. The molecule has 0 saturated heterocycles. The maximum Gasteiger partial charge on any atom is 0.299 e. The Morgan fingerprint density at radius 3 is 2.73 bits per heavy atom. The second-order valence-corrected chi connectivity index (χ2v) is 6.74. The lowest BCUT2D eigenvalue weighted by molar-refractivity contribution is -0.114. The lowest BCUT2D eigenvalue weighted by Gasteiger charge is -2.14. The molecule has 5 heteroatoms. The summed E-state index contributed by atoms with van der Waals surface area (Å²) in [5.41, 5.74) is 1.17. The van der Waals surface area contributed by atoms with Crippen LogP contribution in [0.4, 0.5) is 5.69 Å². The number of ketones is 1. The molecule has 3 nitrogen and oxygen atoms in total. The zero-order valence-corrected chi connectivity index (χ0v) is 12.9. The molecular weight excluding hydrogens is 318 g/mol.